The van der Waals surface area contributed by atoms with Crippen LogP contribution in [0.15, 0.2) is 36.1 Å². The second kappa shape index (κ2) is 7.32. The highest BCUT2D eigenvalue weighted by Crippen LogP contribution is 2.22. The summed E-state index contributed by atoms with van der Waals surface area (Å²) >= 11 is 0. The van der Waals surface area contributed by atoms with Crippen molar-refractivity contribution in [3.8, 4) is 0 Å². The van der Waals surface area contributed by atoms with E-state index in [-0.39, 0.29) is 0 Å². The lowest BCUT2D eigenvalue weighted by Crippen LogP contribution is -2.15. The fourth-order valence-electron chi connectivity index (χ4n) is 2.05. The molecule has 1 nitrogen and oxygen atoms in total. The molecular formula is C15H24O. The SMILES string of the molecule is C=C(/C=C\C(=C/C)CC)OC1CCCCC1. The van der Waals surface area contributed by atoms with E-state index in [0.29, 0.717) is 6.10 Å². The molecule has 1 heteroatoms. The Morgan fingerprint density at radius 1 is 1.25 bits per heavy atom. The highest BCUT2D eigenvalue weighted by molar-refractivity contribution is 5.23. The molecule has 0 spiro atoms. The van der Waals surface area contributed by atoms with E-state index in [1.54, 1.807) is 0 Å². The van der Waals surface area contributed by atoms with Gasteiger partial charge in [-0.25, -0.2) is 0 Å². The van der Waals surface area contributed by atoms with Crippen LogP contribution in [0.4, 0.5) is 0 Å². The molecule has 1 rings (SSSR count). The summed E-state index contributed by atoms with van der Waals surface area (Å²) in [6, 6.07) is 0. The van der Waals surface area contributed by atoms with E-state index in [2.05, 4.69) is 32.6 Å². The molecule has 0 amide bonds. The van der Waals surface area contributed by atoms with Crippen LogP contribution in [0.2, 0.25) is 0 Å². The summed E-state index contributed by atoms with van der Waals surface area (Å²) in [5, 5.41) is 0. The van der Waals surface area contributed by atoms with Gasteiger partial charge in [0.1, 0.15) is 5.76 Å². The van der Waals surface area contributed by atoms with E-state index in [1.807, 2.05) is 6.08 Å². The smallest absolute Gasteiger partial charge is 0.112 e. The van der Waals surface area contributed by atoms with Gasteiger partial charge in [0.05, 0.1) is 6.10 Å². The van der Waals surface area contributed by atoms with Gasteiger partial charge in [0.2, 0.25) is 0 Å². The first-order valence-corrected chi connectivity index (χ1v) is 6.45. The van der Waals surface area contributed by atoms with Crippen LogP contribution in [0.5, 0.6) is 0 Å². The fraction of sp³-hybridized carbons (Fsp3) is 0.600. The standard InChI is InChI=1S/C15H24O/c1-4-14(5-2)12-11-13(3)16-15-9-7-6-8-10-15/h4,11-12,15H,3,5-10H2,1-2H3/b12-11-,14-4-. The first kappa shape index (κ1) is 13.1. The van der Waals surface area contributed by atoms with Crippen molar-refractivity contribution in [2.45, 2.75) is 58.5 Å². The van der Waals surface area contributed by atoms with Crippen LogP contribution in [-0.4, -0.2) is 6.10 Å². The van der Waals surface area contributed by atoms with Crippen LogP contribution in [-0.2, 0) is 4.74 Å². The van der Waals surface area contributed by atoms with Gasteiger partial charge in [0.25, 0.3) is 0 Å². The number of hydrogen-bond acceptors (Lipinski definition) is 1. The largest absolute Gasteiger partial charge is 0.491 e. The summed E-state index contributed by atoms with van der Waals surface area (Å²) in [5.41, 5.74) is 1.33. The third kappa shape index (κ3) is 4.69. The molecule has 0 radical (unpaired) electrons. The number of hydrogen-bond donors (Lipinski definition) is 0. The topological polar surface area (TPSA) is 9.23 Å². The maximum Gasteiger partial charge on any atom is 0.112 e. The molecule has 0 aliphatic heterocycles. The van der Waals surface area contributed by atoms with E-state index < -0.39 is 0 Å². The second-order valence-corrected chi connectivity index (χ2v) is 4.39. The quantitative estimate of drug-likeness (QED) is 0.479. The zero-order valence-electron chi connectivity index (χ0n) is 10.7. The van der Waals surface area contributed by atoms with Crippen molar-refractivity contribution in [3.05, 3.63) is 36.1 Å². The minimum atomic E-state index is 0.404. The Labute approximate surface area is 99.9 Å². The molecule has 0 aromatic heterocycles. The van der Waals surface area contributed by atoms with Crippen LogP contribution in [0.3, 0.4) is 0 Å². The molecule has 0 N–H and O–H groups in total. The van der Waals surface area contributed by atoms with Crippen molar-refractivity contribution >= 4 is 0 Å². The molecule has 0 atom stereocenters. The fourth-order valence-corrected chi connectivity index (χ4v) is 2.05. The highest BCUT2D eigenvalue weighted by atomic mass is 16.5. The normalized spacial score (nSPS) is 19.0. The highest BCUT2D eigenvalue weighted by Gasteiger charge is 2.14. The predicted octanol–water partition coefficient (Wildman–Crippen LogP) is 4.76. The van der Waals surface area contributed by atoms with Crippen LogP contribution in [0, 0.1) is 0 Å². The van der Waals surface area contributed by atoms with Crippen molar-refractivity contribution in [2.24, 2.45) is 0 Å². The van der Waals surface area contributed by atoms with Gasteiger partial charge in [-0.15, -0.1) is 0 Å². The average molecular weight is 220 g/mol. The molecular weight excluding hydrogens is 196 g/mol. The van der Waals surface area contributed by atoms with E-state index in [4.69, 9.17) is 4.74 Å². The van der Waals surface area contributed by atoms with Crippen LogP contribution >= 0.6 is 0 Å². The molecule has 90 valence electrons. The molecule has 1 fully saturated rings. The number of ether oxygens (including phenoxy) is 1. The molecule has 0 unspecified atom stereocenters. The second-order valence-electron chi connectivity index (χ2n) is 4.39. The van der Waals surface area contributed by atoms with Gasteiger partial charge in [0.15, 0.2) is 0 Å². The minimum Gasteiger partial charge on any atom is -0.491 e. The summed E-state index contributed by atoms with van der Waals surface area (Å²) in [4.78, 5) is 0. The van der Waals surface area contributed by atoms with Gasteiger partial charge < -0.3 is 4.74 Å². The predicted molar refractivity (Wildman–Crippen MR) is 70.3 cm³/mol. The molecule has 0 aromatic carbocycles. The van der Waals surface area contributed by atoms with E-state index in [0.717, 1.165) is 12.2 Å². The average Bonchev–Trinajstić information content (AvgIpc) is 2.31. The van der Waals surface area contributed by atoms with Gasteiger partial charge in [0, 0.05) is 0 Å². The summed E-state index contributed by atoms with van der Waals surface area (Å²) in [7, 11) is 0. The molecule has 0 bridgehead atoms. The van der Waals surface area contributed by atoms with E-state index in [1.165, 1.54) is 37.7 Å². The zero-order valence-corrected chi connectivity index (χ0v) is 10.7. The van der Waals surface area contributed by atoms with Crippen molar-refractivity contribution in [1.82, 2.24) is 0 Å². The lowest BCUT2D eigenvalue weighted by Gasteiger charge is -2.23. The lowest BCUT2D eigenvalue weighted by atomic mass is 9.98. The Morgan fingerprint density at radius 2 is 1.94 bits per heavy atom. The molecule has 0 aromatic rings. The molecule has 16 heavy (non-hydrogen) atoms. The monoisotopic (exact) mass is 220 g/mol. The molecule has 1 aliphatic rings. The van der Waals surface area contributed by atoms with Crippen molar-refractivity contribution in [3.63, 3.8) is 0 Å². The van der Waals surface area contributed by atoms with Gasteiger partial charge in [-0.1, -0.05) is 37.6 Å². The van der Waals surface area contributed by atoms with E-state index >= 15 is 0 Å². The Kier molecular flexibility index (Phi) is 5.99. The first-order valence-electron chi connectivity index (χ1n) is 6.45. The lowest BCUT2D eigenvalue weighted by molar-refractivity contribution is 0.0909. The van der Waals surface area contributed by atoms with Gasteiger partial charge >= 0.3 is 0 Å². The molecule has 0 heterocycles. The summed E-state index contributed by atoms with van der Waals surface area (Å²) in [6.07, 6.45) is 14.0. The van der Waals surface area contributed by atoms with Crippen molar-refractivity contribution < 1.29 is 4.74 Å². The Morgan fingerprint density at radius 3 is 2.50 bits per heavy atom. The molecule has 1 aliphatic carbocycles. The van der Waals surface area contributed by atoms with Gasteiger partial charge in [-0.2, -0.15) is 0 Å². The summed E-state index contributed by atoms with van der Waals surface area (Å²) in [6.45, 7) is 8.17. The maximum absolute atomic E-state index is 5.82. The van der Waals surface area contributed by atoms with Crippen LogP contribution in [0.1, 0.15) is 52.4 Å². The number of rotatable bonds is 5. The number of allylic oxidation sites excluding steroid dienone is 4. The Balaban J connectivity index is 2.34. The molecule has 1 saturated carbocycles. The van der Waals surface area contributed by atoms with Gasteiger partial charge in [-0.05, 0) is 45.1 Å². The van der Waals surface area contributed by atoms with Crippen molar-refractivity contribution in [2.75, 3.05) is 0 Å². The van der Waals surface area contributed by atoms with Crippen molar-refractivity contribution in [1.29, 1.82) is 0 Å². The Hall–Kier alpha value is -0.980. The minimum absolute atomic E-state index is 0.404. The summed E-state index contributed by atoms with van der Waals surface area (Å²) in [5.74, 6) is 0.805. The van der Waals surface area contributed by atoms with Gasteiger partial charge in [-0.3, -0.25) is 0 Å². The Bertz CT molecular complexity index is 267. The first-order chi connectivity index (χ1) is 7.76. The molecule has 0 saturated heterocycles. The zero-order chi connectivity index (χ0) is 11.8. The van der Waals surface area contributed by atoms with Crippen LogP contribution in [0.25, 0.3) is 0 Å². The van der Waals surface area contributed by atoms with E-state index in [9.17, 15) is 0 Å². The summed E-state index contributed by atoms with van der Waals surface area (Å²) < 4.78 is 5.82. The maximum atomic E-state index is 5.82. The van der Waals surface area contributed by atoms with Crippen LogP contribution < -0.4 is 0 Å². The third-order valence-corrected chi connectivity index (χ3v) is 3.13. The third-order valence-electron chi connectivity index (χ3n) is 3.13.